The largest absolute Gasteiger partial charge is 0.325 e. The number of sulfonamides is 1. The second kappa shape index (κ2) is 10.8. The Hall–Kier alpha value is -2.94. The van der Waals surface area contributed by atoms with Crippen LogP contribution >= 0.6 is 11.8 Å². The predicted octanol–water partition coefficient (Wildman–Crippen LogP) is 5.20. The number of carbonyl (C=O) groups excluding carboxylic acids is 2. The number of likely N-dealkylation sites (N-methyl/N-ethyl adjacent to an activating group) is 1. The number of amides is 1. The van der Waals surface area contributed by atoms with Crippen molar-refractivity contribution in [1.29, 1.82) is 0 Å². The molecule has 3 rings (SSSR count). The summed E-state index contributed by atoms with van der Waals surface area (Å²) in [7, 11) is -2.45. The van der Waals surface area contributed by atoms with Gasteiger partial charge in [-0.25, -0.2) is 8.42 Å². The van der Waals surface area contributed by atoms with E-state index in [1.54, 1.807) is 48.5 Å². The molecule has 0 radical (unpaired) electrons. The summed E-state index contributed by atoms with van der Waals surface area (Å²) in [5.74, 6) is -0.661. The van der Waals surface area contributed by atoms with E-state index in [-0.39, 0.29) is 22.6 Å². The number of nitrogens with one attached hydrogen (secondary N) is 1. The molecule has 0 aromatic heterocycles. The topological polar surface area (TPSA) is 83.6 Å². The van der Waals surface area contributed by atoms with Crippen LogP contribution in [-0.4, -0.2) is 44.3 Å². The second-order valence-electron chi connectivity index (χ2n) is 9.22. The highest BCUT2D eigenvalue weighted by Gasteiger charge is 2.23. The van der Waals surface area contributed by atoms with Gasteiger partial charge in [0, 0.05) is 28.8 Å². The van der Waals surface area contributed by atoms with Crippen molar-refractivity contribution < 1.29 is 18.0 Å². The molecule has 0 fully saturated rings. The Morgan fingerprint density at radius 2 is 1.54 bits per heavy atom. The molecular weight excluding hydrogens is 480 g/mol. The number of carbonyl (C=O) groups is 2. The zero-order chi connectivity index (χ0) is 25.8. The number of hydrogen-bond donors (Lipinski definition) is 1. The molecule has 1 N–H and O–H groups in total. The van der Waals surface area contributed by atoms with Crippen molar-refractivity contribution in [2.45, 2.75) is 36.0 Å². The van der Waals surface area contributed by atoms with Crippen LogP contribution in [-0.2, 0) is 20.2 Å². The predicted molar refractivity (Wildman–Crippen MR) is 142 cm³/mol. The molecule has 0 unspecified atom stereocenters. The highest BCUT2D eigenvalue weighted by atomic mass is 32.2. The molecule has 6 nitrogen and oxygen atoms in total. The van der Waals surface area contributed by atoms with Gasteiger partial charge in [0.05, 0.1) is 11.4 Å². The fourth-order valence-electron chi connectivity index (χ4n) is 3.44. The molecule has 1 amide bonds. The van der Waals surface area contributed by atoms with Gasteiger partial charge in [-0.15, -0.1) is 11.8 Å². The third kappa shape index (κ3) is 6.60. The minimum Gasteiger partial charge on any atom is -0.325 e. The first kappa shape index (κ1) is 26.7. The van der Waals surface area contributed by atoms with Crippen molar-refractivity contribution in [3.8, 4) is 0 Å². The number of thioether (sulfide) groups is 1. The second-order valence-corrected chi connectivity index (χ2v) is 12.1. The smallest absolute Gasteiger partial charge is 0.243 e. The standard InChI is InChI=1S/C27H30N2O4S2/c1-27(2,3)21-11-9-19(10-12-21)26(31)20-7-6-8-22(17-20)28-25(30)18-29(4)35(32,33)24-15-13-23(34-5)14-16-24/h6-17H,18H2,1-5H3,(H,28,30). The van der Waals surface area contributed by atoms with E-state index in [0.29, 0.717) is 16.8 Å². The zero-order valence-corrected chi connectivity index (χ0v) is 22.2. The molecular formula is C27H30N2O4S2. The molecule has 184 valence electrons. The average molecular weight is 511 g/mol. The van der Waals surface area contributed by atoms with Crippen molar-refractivity contribution in [3.05, 3.63) is 89.5 Å². The number of nitrogens with zero attached hydrogens (tertiary/aromatic N) is 1. The van der Waals surface area contributed by atoms with Gasteiger partial charge < -0.3 is 5.32 Å². The van der Waals surface area contributed by atoms with Crippen molar-refractivity contribution >= 4 is 39.2 Å². The van der Waals surface area contributed by atoms with E-state index in [2.05, 4.69) is 26.1 Å². The van der Waals surface area contributed by atoms with Gasteiger partial charge in [0.25, 0.3) is 0 Å². The lowest BCUT2D eigenvalue weighted by molar-refractivity contribution is -0.116. The molecule has 0 bridgehead atoms. The first-order valence-electron chi connectivity index (χ1n) is 11.1. The molecule has 0 saturated heterocycles. The number of ketones is 1. The summed E-state index contributed by atoms with van der Waals surface area (Å²) >= 11 is 1.51. The Labute approximate surface area is 211 Å². The lowest BCUT2D eigenvalue weighted by Crippen LogP contribution is -2.35. The Morgan fingerprint density at radius 3 is 2.11 bits per heavy atom. The van der Waals surface area contributed by atoms with E-state index in [0.717, 1.165) is 14.8 Å². The van der Waals surface area contributed by atoms with Crippen molar-refractivity contribution in [3.63, 3.8) is 0 Å². The summed E-state index contributed by atoms with van der Waals surface area (Å²) < 4.78 is 26.6. The lowest BCUT2D eigenvalue weighted by Gasteiger charge is -2.19. The van der Waals surface area contributed by atoms with E-state index < -0.39 is 15.9 Å². The number of rotatable bonds is 8. The van der Waals surface area contributed by atoms with E-state index in [9.17, 15) is 18.0 Å². The van der Waals surface area contributed by atoms with E-state index in [1.807, 2.05) is 18.4 Å². The molecule has 0 heterocycles. The maximum atomic E-state index is 13.0. The summed E-state index contributed by atoms with van der Waals surface area (Å²) in [5, 5.41) is 2.69. The normalized spacial score (nSPS) is 11.9. The quantitative estimate of drug-likeness (QED) is 0.333. The van der Waals surface area contributed by atoms with Crippen LogP contribution in [0, 0.1) is 0 Å². The monoisotopic (exact) mass is 510 g/mol. The van der Waals surface area contributed by atoms with Gasteiger partial charge in [0.15, 0.2) is 5.78 Å². The Kier molecular flexibility index (Phi) is 8.20. The van der Waals surface area contributed by atoms with Crippen molar-refractivity contribution in [1.82, 2.24) is 4.31 Å². The summed E-state index contributed by atoms with van der Waals surface area (Å²) in [6.07, 6.45) is 1.91. The van der Waals surface area contributed by atoms with E-state index >= 15 is 0 Å². The fraction of sp³-hybridized carbons (Fsp3) is 0.259. The van der Waals surface area contributed by atoms with Gasteiger partial charge in [0.1, 0.15) is 0 Å². The Bertz CT molecular complexity index is 1310. The van der Waals surface area contributed by atoms with Crippen LogP contribution in [0.2, 0.25) is 0 Å². The summed E-state index contributed by atoms with van der Waals surface area (Å²) in [5.41, 5.74) is 2.53. The fourth-order valence-corrected chi connectivity index (χ4v) is 4.98. The van der Waals surface area contributed by atoms with Gasteiger partial charge in [-0.05, 0) is 53.6 Å². The van der Waals surface area contributed by atoms with Gasteiger partial charge in [-0.1, -0.05) is 57.2 Å². The molecule has 3 aromatic rings. The molecule has 0 spiro atoms. The van der Waals surface area contributed by atoms with Gasteiger partial charge in [0.2, 0.25) is 15.9 Å². The van der Waals surface area contributed by atoms with Crippen LogP contribution in [0.15, 0.2) is 82.6 Å². The maximum Gasteiger partial charge on any atom is 0.243 e. The molecule has 0 atom stereocenters. The van der Waals surface area contributed by atoms with Crippen LogP contribution in [0.1, 0.15) is 42.3 Å². The van der Waals surface area contributed by atoms with Crippen molar-refractivity contribution in [2.75, 3.05) is 25.2 Å². The SMILES string of the molecule is CSc1ccc(S(=O)(=O)N(C)CC(=O)Nc2cccc(C(=O)c3ccc(C(C)(C)C)cc3)c2)cc1. The highest BCUT2D eigenvalue weighted by Crippen LogP contribution is 2.24. The zero-order valence-electron chi connectivity index (χ0n) is 20.5. The summed E-state index contributed by atoms with van der Waals surface area (Å²) in [6.45, 7) is 5.97. The van der Waals surface area contributed by atoms with Gasteiger partial charge >= 0.3 is 0 Å². The summed E-state index contributed by atoms with van der Waals surface area (Å²) in [4.78, 5) is 26.6. The number of benzene rings is 3. The first-order valence-corrected chi connectivity index (χ1v) is 13.7. The molecule has 35 heavy (non-hydrogen) atoms. The minimum absolute atomic E-state index is 0.00948. The molecule has 0 saturated carbocycles. The third-order valence-electron chi connectivity index (χ3n) is 5.56. The van der Waals surface area contributed by atoms with Gasteiger partial charge in [-0.3, -0.25) is 9.59 Å². The molecule has 0 aliphatic heterocycles. The van der Waals surface area contributed by atoms with E-state index in [1.165, 1.54) is 30.9 Å². The van der Waals surface area contributed by atoms with Crippen LogP contribution in [0.3, 0.4) is 0 Å². The highest BCUT2D eigenvalue weighted by molar-refractivity contribution is 7.98. The van der Waals surface area contributed by atoms with Crippen LogP contribution in [0.25, 0.3) is 0 Å². The van der Waals surface area contributed by atoms with Crippen LogP contribution in [0.4, 0.5) is 5.69 Å². The van der Waals surface area contributed by atoms with Crippen LogP contribution in [0.5, 0.6) is 0 Å². The Morgan fingerprint density at radius 1 is 0.914 bits per heavy atom. The van der Waals surface area contributed by atoms with Gasteiger partial charge in [-0.2, -0.15) is 4.31 Å². The lowest BCUT2D eigenvalue weighted by atomic mass is 9.86. The maximum absolute atomic E-state index is 13.0. The van der Waals surface area contributed by atoms with Crippen LogP contribution < -0.4 is 5.32 Å². The molecule has 0 aliphatic carbocycles. The summed E-state index contributed by atoms with van der Waals surface area (Å²) in [6, 6.07) is 20.6. The third-order valence-corrected chi connectivity index (χ3v) is 8.12. The molecule has 0 aliphatic rings. The number of anilines is 1. The Balaban J connectivity index is 1.68. The number of hydrogen-bond acceptors (Lipinski definition) is 5. The minimum atomic E-state index is -3.81. The first-order chi connectivity index (χ1) is 16.4. The van der Waals surface area contributed by atoms with Crippen molar-refractivity contribution in [2.24, 2.45) is 0 Å². The molecule has 8 heteroatoms. The average Bonchev–Trinajstić information content (AvgIpc) is 2.83. The molecule has 3 aromatic carbocycles. The van der Waals surface area contributed by atoms with E-state index in [4.69, 9.17) is 0 Å².